The van der Waals surface area contributed by atoms with Crippen LogP contribution in [-0.2, 0) is 9.59 Å². The Bertz CT molecular complexity index is 781. The lowest BCUT2D eigenvalue weighted by Crippen LogP contribution is -2.39. The molecule has 2 aromatic carbocycles. The Morgan fingerprint density at radius 3 is 1.12 bits per heavy atom. The lowest BCUT2D eigenvalue weighted by atomic mass is 9.77. The van der Waals surface area contributed by atoms with E-state index in [1.165, 1.54) is 24.3 Å². The molecular weight excluding hydrogens is 342 g/mol. The van der Waals surface area contributed by atoms with Crippen LogP contribution < -0.4 is 0 Å². The van der Waals surface area contributed by atoms with Crippen LogP contribution in [0.3, 0.4) is 0 Å². The largest absolute Gasteiger partial charge is 0.299 e. The van der Waals surface area contributed by atoms with Crippen molar-refractivity contribution >= 4 is 23.1 Å². The average molecular weight is 358 g/mol. The molecule has 0 amide bonds. The third kappa shape index (κ3) is 4.14. The Labute approximate surface area is 148 Å². The summed E-state index contributed by atoms with van der Waals surface area (Å²) < 4.78 is 26.1. The van der Waals surface area contributed by atoms with Crippen molar-refractivity contribution in [1.82, 2.24) is 0 Å². The Morgan fingerprint density at radius 2 is 0.885 bits per heavy atom. The van der Waals surface area contributed by atoms with Gasteiger partial charge in [0.15, 0.2) is 11.6 Å². The van der Waals surface area contributed by atoms with Crippen LogP contribution in [0.4, 0.5) is 8.78 Å². The molecule has 4 nitrogen and oxygen atoms in total. The number of carbonyl (C=O) groups excluding carboxylic acids is 4. The van der Waals surface area contributed by atoms with Crippen LogP contribution in [0.25, 0.3) is 0 Å². The van der Waals surface area contributed by atoms with Crippen LogP contribution in [-0.4, -0.2) is 23.1 Å². The zero-order valence-electron chi connectivity index (χ0n) is 14.2. The summed E-state index contributed by atoms with van der Waals surface area (Å²) in [5.74, 6) is -6.99. The van der Waals surface area contributed by atoms with Gasteiger partial charge >= 0.3 is 0 Å². The fourth-order valence-corrected chi connectivity index (χ4v) is 2.73. The normalized spacial score (nSPS) is 12.9. The van der Waals surface area contributed by atoms with Gasteiger partial charge in [-0.05, 0) is 62.4 Å². The van der Waals surface area contributed by atoms with E-state index in [1.54, 1.807) is 0 Å². The maximum absolute atomic E-state index is 13.1. The van der Waals surface area contributed by atoms with Gasteiger partial charge in [-0.2, -0.15) is 0 Å². The molecule has 0 aliphatic carbocycles. The number of rotatable bonds is 7. The first-order valence-electron chi connectivity index (χ1n) is 7.83. The van der Waals surface area contributed by atoms with Gasteiger partial charge in [-0.25, -0.2) is 8.78 Å². The second-order valence-electron chi connectivity index (χ2n) is 5.92. The van der Waals surface area contributed by atoms with Gasteiger partial charge in [-0.15, -0.1) is 0 Å². The molecule has 0 aliphatic rings. The van der Waals surface area contributed by atoms with Gasteiger partial charge in [0.25, 0.3) is 0 Å². The minimum atomic E-state index is -1.53. The van der Waals surface area contributed by atoms with Crippen LogP contribution in [0.1, 0.15) is 34.6 Å². The van der Waals surface area contributed by atoms with Crippen molar-refractivity contribution in [3.63, 3.8) is 0 Å². The van der Waals surface area contributed by atoms with E-state index in [4.69, 9.17) is 0 Å². The third-order valence-electron chi connectivity index (χ3n) is 4.03. The first-order valence-corrected chi connectivity index (χ1v) is 7.83. The van der Waals surface area contributed by atoms with E-state index in [-0.39, 0.29) is 11.1 Å². The summed E-state index contributed by atoms with van der Waals surface area (Å²) in [6, 6.07) is 8.95. The molecule has 0 aromatic heterocycles. The molecule has 2 aromatic rings. The van der Waals surface area contributed by atoms with Gasteiger partial charge in [0.1, 0.15) is 23.2 Å². The predicted molar refractivity (Wildman–Crippen MR) is 89.8 cm³/mol. The van der Waals surface area contributed by atoms with E-state index in [9.17, 15) is 28.0 Å². The zero-order valence-corrected chi connectivity index (χ0v) is 14.2. The Balaban J connectivity index is 2.46. The molecule has 0 heterocycles. The Morgan fingerprint density at radius 1 is 0.615 bits per heavy atom. The monoisotopic (exact) mass is 358 g/mol. The van der Waals surface area contributed by atoms with Crippen LogP contribution in [0.2, 0.25) is 0 Å². The highest BCUT2D eigenvalue weighted by Gasteiger charge is 2.40. The van der Waals surface area contributed by atoms with Crippen molar-refractivity contribution in [2.45, 2.75) is 13.8 Å². The van der Waals surface area contributed by atoms with E-state index in [0.717, 1.165) is 38.1 Å². The first kappa shape index (κ1) is 19.3. The molecule has 0 fully saturated rings. The molecule has 2 unspecified atom stereocenters. The third-order valence-corrected chi connectivity index (χ3v) is 4.03. The van der Waals surface area contributed by atoms with Gasteiger partial charge in [-0.3, -0.25) is 19.2 Å². The maximum atomic E-state index is 13.1. The van der Waals surface area contributed by atoms with Crippen molar-refractivity contribution in [1.29, 1.82) is 0 Å². The van der Waals surface area contributed by atoms with E-state index < -0.39 is 46.6 Å². The van der Waals surface area contributed by atoms with Crippen molar-refractivity contribution in [2.24, 2.45) is 11.8 Å². The standard InChI is InChI=1S/C20H16F2O4/c1-11(23)17(19(25)13-3-7-15(21)8-4-13)18(12(2)24)20(26)14-5-9-16(22)10-6-14/h3-10,17-18H,1-2H3. The summed E-state index contributed by atoms with van der Waals surface area (Å²) >= 11 is 0. The van der Waals surface area contributed by atoms with E-state index >= 15 is 0 Å². The van der Waals surface area contributed by atoms with Gasteiger partial charge in [-0.1, -0.05) is 0 Å². The summed E-state index contributed by atoms with van der Waals surface area (Å²) in [5.41, 5.74) is 0.0366. The maximum Gasteiger partial charge on any atom is 0.174 e. The minimum Gasteiger partial charge on any atom is -0.299 e. The number of benzene rings is 2. The topological polar surface area (TPSA) is 68.3 Å². The fraction of sp³-hybridized carbons (Fsp3) is 0.200. The quantitative estimate of drug-likeness (QED) is 0.562. The number of hydrogen-bond acceptors (Lipinski definition) is 4. The minimum absolute atomic E-state index is 0.0183. The van der Waals surface area contributed by atoms with Crippen molar-refractivity contribution < 1.29 is 28.0 Å². The predicted octanol–water partition coefficient (Wildman–Crippen LogP) is 3.44. The van der Waals surface area contributed by atoms with Crippen LogP contribution in [0.5, 0.6) is 0 Å². The van der Waals surface area contributed by atoms with Crippen LogP contribution >= 0.6 is 0 Å². The molecule has 0 radical (unpaired) electrons. The average Bonchev–Trinajstić information content (AvgIpc) is 2.59. The molecule has 0 saturated carbocycles. The molecule has 2 atom stereocenters. The van der Waals surface area contributed by atoms with Crippen LogP contribution in [0.15, 0.2) is 48.5 Å². The highest BCUT2D eigenvalue weighted by Crippen LogP contribution is 2.25. The summed E-state index contributed by atoms with van der Waals surface area (Å²) in [4.78, 5) is 49.7. The summed E-state index contributed by atoms with van der Waals surface area (Å²) in [7, 11) is 0. The highest BCUT2D eigenvalue weighted by atomic mass is 19.1. The molecular formula is C20H16F2O4. The van der Waals surface area contributed by atoms with E-state index in [2.05, 4.69) is 0 Å². The molecule has 134 valence electrons. The Hall–Kier alpha value is -3.02. The lowest BCUT2D eigenvalue weighted by Gasteiger charge is -2.21. The zero-order chi connectivity index (χ0) is 19.4. The number of halogens is 2. The molecule has 0 saturated heterocycles. The number of ketones is 4. The number of hydrogen-bond donors (Lipinski definition) is 0. The SMILES string of the molecule is CC(=O)C(C(=O)c1ccc(F)cc1)C(C(C)=O)C(=O)c1ccc(F)cc1. The number of Topliss-reactive ketones (excluding diaryl/α,β-unsaturated/α-hetero) is 4. The van der Waals surface area contributed by atoms with Crippen molar-refractivity contribution in [3.05, 3.63) is 71.3 Å². The molecule has 0 aliphatic heterocycles. The fourth-order valence-electron chi connectivity index (χ4n) is 2.73. The van der Waals surface area contributed by atoms with E-state index in [0.29, 0.717) is 0 Å². The van der Waals surface area contributed by atoms with Gasteiger partial charge in [0.05, 0.1) is 11.8 Å². The lowest BCUT2D eigenvalue weighted by molar-refractivity contribution is -0.127. The van der Waals surface area contributed by atoms with Gasteiger partial charge in [0, 0.05) is 11.1 Å². The molecule has 0 N–H and O–H groups in total. The van der Waals surface area contributed by atoms with Gasteiger partial charge < -0.3 is 0 Å². The molecule has 2 rings (SSSR count). The molecule has 6 heteroatoms. The summed E-state index contributed by atoms with van der Waals surface area (Å²) in [5, 5.41) is 0. The van der Waals surface area contributed by atoms with Crippen molar-refractivity contribution in [2.75, 3.05) is 0 Å². The summed E-state index contributed by atoms with van der Waals surface area (Å²) in [6.45, 7) is 2.22. The summed E-state index contributed by atoms with van der Waals surface area (Å²) in [6.07, 6.45) is 0. The second-order valence-corrected chi connectivity index (χ2v) is 5.92. The van der Waals surface area contributed by atoms with Crippen molar-refractivity contribution in [3.8, 4) is 0 Å². The number of carbonyl (C=O) groups is 4. The van der Waals surface area contributed by atoms with Crippen LogP contribution in [0, 0.1) is 23.5 Å². The highest BCUT2D eigenvalue weighted by molar-refractivity contribution is 6.20. The molecule has 26 heavy (non-hydrogen) atoms. The second kappa shape index (κ2) is 7.91. The molecule has 0 bridgehead atoms. The van der Waals surface area contributed by atoms with E-state index in [1.807, 2.05) is 0 Å². The van der Waals surface area contributed by atoms with Gasteiger partial charge in [0.2, 0.25) is 0 Å². The first-order chi connectivity index (χ1) is 12.2. The molecule has 0 spiro atoms. The smallest absolute Gasteiger partial charge is 0.174 e. The Kier molecular flexibility index (Phi) is 5.87.